The molecule has 4 rings (SSSR count). The van der Waals surface area contributed by atoms with Crippen LogP contribution in [0.2, 0.25) is 0 Å². The fourth-order valence-electron chi connectivity index (χ4n) is 2.70. The molecular formula is C22H14BrIN2O2. The minimum atomic E-state index is -0.202. The van der Waals surface area contributed by atoms with E-state index in [1.807, 2.05) is 54.6 Å². The highest BCUT2D eigenvalue weighted by atomic mass is 127. The van der Waals surface area contributed by atoms with Crippen LogP contribution in [0.3, 0.4) is 0 Å². The van der Waals surface area contributed by atoms with E-state index in [1.165, 1.54) is 6.08 Å². The number of aromatic nitrogens is 1. The van der Waals surface area contributed by atoms with E-state index < -0.39 is 0 Å². The molecule has 6 heteroatoms. The van der Waals surface area contributed by atoms with E-state index in [0.29, 0.717) is 22.7 Å². The van der Waals surface area contributed by atoms with E-state index in [1.54, 1.807) is 18.2 Å². The predicted octanol–water partition coefficient (Wildman–Crippen LogP) is 6.51. The van der Waals surface area contributed by atoms with Crippen molar-refractivity contribution in [2.45, 2.75) is 0 Å². The summed E-state index contributed by atoms with van der Waals surface area (Å²) in [5.74, 6) is 0.333. The van der Waals surface area contributed by atoms with Crippen molar-refractivity contribution in [3.05, 3.63) is 86.4 Å². The Morgan fingerprint density at radius 3 is 2.71 bits per heavy atom. The molecule has 0 bridgehead atoms. The Balaban J connectivity index is 1.56. The number of oxazole rings is 1. The third kappa shape index (κ3) is 4.34. The summed E-state index contributed by atoms with van der Waals surface area (Å²) in [5, 5.41) is 2.86. The molecule has 0 aliphatic heterocycles. The van der Waals surface area contributed by atoms with Crippen LogP contribution < -0.4 is 5.32 Å². The molecule has 1 N–H and O–H groups in total. The second-order valence-corrected chi connectivity index (χ2v) is 8.16. The zero-order chi connectivity index (χ0) is 19.5. The Kier molecular flexibility index (Phi) is 5.59. The lowest BCUT2D eigenvalue weighted by molar-refractivity contribution is -0.111. The normalized spacial score (nSPS) is 11.2. The molecule has 0 aliphatic carbocycles. The zero-order valence-electron chi connectivity index (χ0n) is 14.5. The van der Waals surface area contributed by atoms with Gasteiger partial charge in [0, 0.05) is 19.8 Å². The number of fused-ring (bicyclic) bond motifs is 1. The Labute approximate surface area is 183 Å². The predicted molar refractivity (Wildman–Crippen MR) is 124 cm³/mol. The standard InChI is InChI=1S/C22H14BrIN2O2/c23-18-9-7-15(24)12-17(18)22-26-19-13-16(8-10-20(19)28-22)25-21(27)11-6-14-4-2-1-3-5-14/h1-13H,(H,25,27)/b11-6+. The number of amides is 1. The van der Waals surface area contributed by atoms with Crippen molar-refractivity contribution in [2.75, 3.05) is 5.32 Å². The van der Waals surface area contributed by atoms with Gasteiger partial charge in [0.15, 0.2) is 5.58 Å². The van der Waals surface area contributed by atoms with Crippen LogP contribution in [0.5, 0.6) is 0 Å². The Morgan fingerprint density at radius 2 is 1.89 bits per heavy atom. The van der Waals surface area contributed by atoms with E-state index in [0.717, 1.165) is 19.2 Å². The van der Waals surface area contributed by atoms with Gasteiger partial charge in [0.25, 0.3) is 0 Å². The first kappa shape index (κ1) is 18.9. The molecule has 28 heavy (non-hydrogen) atoms. The summed E-state index contributed by atoms with van der Waals surface area (Å²) < 4.78 is 7.89. The van der Waals surface area contributed by atoms with Crippen LogP contribution in [0.25, 0.3) is 28.6 Å². The average molecular weight is 545 g/mol. The van der Waals surface area contributed by atoms with E-state index in [2.05, 4.69) is 48.8 Å². The van der Waals surface area contributed by atoms with Gasteiger partial charge in [-0.05, 0) is 86.6 Å². The monoisotopic (exact) mass is 544 g/mol. The number of nitrogens with zero attached hydrogens (tertiary/aromatic N) is 1. The van der Waals surface area contributed by atoms with E-state index >= 15 is 0 Å². The fourth-order valence-corrected chi connectivity index (χ4v) is 3.61. The molecule has 1 heterocycles. The van der Waals surface area contributed by atoms with Gasteiger partial charge in [-0.1, -0.05) is 30.3 Å². The molecule has 0 unspecified atom stereocenters. The lowest BCUT2D eigenvalue weighted by Gasteiger charge is -2.01. The van der Waals surface area contributed by atoms with Crippen molar-refractivity contribution in [1.29, 1.82) is 0 Å². The van der Waals surface area contributed by atoms with Crippen LogP contribution >= 0.6 is 38.5 Å². The average Bonchev–Trinajstić information content (AvgIpc) is 3.12. The Morgan fingerprint density at radius 1 is 1.07 bits per heavy atom. The van der Waals surface area contributed by atoms with Crippen molar-refractivity contribution in [2.24, 2.45) is 0 Å². The number of hydrogen-bond acceptors (Lipinski definition) is 3. The van der Waals surface area contributed by atoms with E-state index in [9.17, 15) is 4.79 Å². The molecule has 4 aromatic rings. The molecule has 0 aliphatic rings. The summed E-state index contributed by atoms with van der Waals surface area (Å²) in [5.41, 5.74) is 3.87. The fraction of sp³-hybridized carbons (Fsp3) is 0. The van der Waals surface area contributed by atoms with Crippen LogP contribution in [0.15, 0.2) is 81.7 Å². The molecule has 0 saturated heterocycles. The van der Waals surface area contributed by atoms with Crippen molar-refractivity contribution < 1.29 is 9.21 Å². The highest BCUT2D eigenvalue weighted by molar-refractivity contribution is 14.1. The van der Waals surface area contributed by atoms with Crippen molar-refractivity contribution in [1.82, 2.24) is 4.98 Å². The number of nitrogens with one attached hydrogen (secondary N) is 1. The second kappa shape index (κ2) is 8.28. The number of anilines is 1. The minimum Gasteiger partial charge on any atom is -0.436 e. The first-order chi connectivity index (χ1) is 13.6. The summed E-state index contributed by atoms with van der Waals surface area (Å²) in [7, 11) is 0. The van der Waals surface area contributed by atoms with E-state index in [-0.39, 0.29) is 5.91 Å². The quantitative estimate of drug-likeness (QED) is 0.235. The molecule has 0 saturated carbocycles. The maximum absolute atomic E-state index is 12.2. The van der Waals surface area contributed by atoms with Gasteiger partial charge in [-0.2, -0.15) is 0 Å². The maximum Gasteiger partial charge on any atom is 0.248 e. The molecule has 1 amide bonds. The Bertz CT molecular complexity index is 1190. The summed E-state index contributed by atoms with van der Waals surface area (Å²) in [6.45, 7) is 0. The van der Waals surface area contributed by atoms with Gasteiger partial charge in [0.2, 0.25) is 11.8 Å². The maximum atomic E-state index is 12.2. The van der Waals surface area contributed by atoms with Gasteiger partial charge < -0.3 is 9.73 Å². The smallest absolute Gasteiger partial charge is 0.248 e. The van der Waals surface area contributed by atoms with Crippen LogP contribution in [0, 0.1) is 3.57 Å². The third-order valence-electron chi connectivity index (χ3n) is 4.04. The van der Waals surface area contributed by atoms with Gasteiger partial charge >= 0.3 is 0 Å². The van der Waals surface area contributed by atoms with Crippen molar-refractivity contribution >= 4 is 67.3 Å². The molecule has 4 nitrogen and oxygen atoms in total. The van der Waals surface area contributed by atoms with Crippen LogP contribution in [-0.4, -0.2) is 10.9 Å². The van der Waals surface area contributed by atoms with Gasteiger partial charge in [0.1, 0.15) is 5.52 Å². The number of carbonyl (C=O) groups is 1. The molecule has 0 radical (unpaired) electrons. The lowest BCUT2D eigenvalue weighted by Crippen LogP contribution is -2.07. The minimum absolute atomic E-state index is 0.202. The van der Waals surface area contributed by atoms with Gasteiger partial charge in [-0.25, -0.2) is 4.98 Å². The molecule has 0 fully saturated rings. The van der Waals surface area contributed by atoms with E-state index in [4.69, 9.17) is 4.42 Å². The van der Waals surface area contributed by atoms with Gasteiger partial charge in [-0.3, -0.25) is 4.79 Å². The first-order valence-electron chi connectivity index (χ1n) is 8.48. The first-order valence-corrected chi connectivity index (χ1v) is 10.4. The summed E-state index contributed by atoms with van der Waals surface area (Å²) in [6.07, 6.45) is 3.29. The zero-order valence-corrected chi connectivity index (χ0v) is 18.3. The molecular weight excluding hydrogens is 531 g/mol. The SMILES string of the molecule is O=C(/C=C/c1ccccc1)Nc1ccc2oc(-c3cc(I)ccc3Br)nc2c1. The van der Waals surface area contributed by atoms with Crippen LogP contribution in [-0.2, 0) is 4.79 Å². The van der Waals surface area contributed by atoms with Crippen molar-refractivity contribution in [3.63, 3.8) is 0 Å². The molecule has 0 atom stereocenters. The molecule has 1 aromatic heterocycles. The lowest BCUT2D eigenvalue weighted by atomic mass is 10.2. The molecule has 3 aromatic carbocycles. The second-order valence-electron chi connectivity index (χ2n) is 6.06. The van der Waals surface area contributed by atoms with Crippen LogP contribution in [0.4, 0.5) is 5.69 Å². The highest BCUT2D eigenvalue weighted by Crippen LogP contribution is 2.32. The number of rotatable bonds is 4. The summed E-state index contributed by atoms with van der Waals surface area (Å²) in [6, 6.07) is 21.1. The summed E-state index contributed by atoms with van der Waals surface area (Å²) >= 11 is 5.79. The molecule has 138 valence electrons. The largest absolute Gasteiger partial charge is 0.436 e. The number of halogens is 2. The summed E-state index contributed by atoms with van der Waals surface area (Å²) in [4.78, 5) is 16.8. The Hall–Kier alpha value is -2.45. The van der Waals surface area contributed by atoms with Crippen molar-refractivity contribution in [3.8, 4) is 11.5 Å². The third-order valence-corrected chi connectivity index (χ3v) is 5.40. The number of carbonyl (C=O) groups excluding carboxylic acids is 1. The van der Waals surface area contributed by atoms with Gasteiger partial charge in [0.05, 0.1) is 5.56 Å². The number of hydrogen-bond donors (Lipinski definition) is 1. The topological polar surface area (TPSA) is 55.1 Å². The molecule has 0 spiro atoms. The van der Waals surface area contributed by atoms with Crippen LogP contribution in [0.1, 0.15) is 5.56 Å². The van der Waals surface area contributed by atoms with Gasteiger partial charge in [-0.15, -0.1) is 0 Å². The number of benzene rings is 3. The highest BCUT2D eigenvalue weighted by Gasteiger charge is 2.12.